The number of hydrogen-bond donors (Lipinski definition) is 1. The summed E-state index contributed by atoms with van der Waals surface area (Å²) in [5, 5.41) is 6.05. The zero-order valence-corrected chi connectivity index (χ0v) is 13.5. The number of ether oxygens (including phenoxy) is 1. The number of nitrogen functional groups attached to an aromatic ring is 1. The summed E-state index contributed by atoms with van der Waals surface area (Å²) in [7, 11) is 0. The number of oxime groups is 1. The number of nitrogens with zero attached hydrogens (tertiary/aromatic N) is 2. The van der Waals surface area contributed by atoms with E-state index < -0.39 is 5.97 Å². The molecule has 1 aromatic carbocycles. The van der Waals surface area contributed by atoms with Gasteiger partial charge in [-0.25, -0.2) is 9.78 Å². The second kappa shape index (κ2) is 6.78. The molecule has 1 heterocycles. The Labute approximate surface area is 137 Å². The quantitative estimate of drug-likeness (QED) is 0.515. The number of carbonyl (C=O) groups is 1. The minimum absolute atomic E-state index is 0.0516. The van der Waals surface area contributed by atoms with Crippen LogP contribution in [0, 0.1) is 0 Å². The van der Waals surface area contributed by atoms with Crippen molar-refractivity contribution in [2.75, 3.05) is 12.3 Å². The van der Waals surface area contributed by atoms with Crippen molar-refractivity contribution >= 4 is 28.1 Å². The number of anilines is 1. The van der Waals surface area contributed by atoms with Crippen molar-refractivity contribution in [1.82, 2.24) is 4.98 Å². The van der Waals surface area contributed by atoms with Crippen molar-refractivity contribution in [2.24, 2.45) is 5.16 Å². The van der Waals surface area contributed by atoms with E-state index in [9.17, 15) is 4.79 Å². The average Bonchev–Trinajstić information content (AvgIpc) is 3.13. The lowest BCUT2D eigenvalue weighted by Gasteiger charge is -2.08. The summed E-state index contributed by atoms with van der Waals surface area (Å²) in [5.74, 6) is -0.562. The van der Waals surface area contributed by atoms with Gasteiger partial charge in [-0.1, -0.05) is 29.4 Å². The maximum Gasteiger partial charge on any atom is 0.362 e. The Hall–Kier alpha value is -2.41. The molecular formula is C16H17N3O3S. The Bertz CT molecular complexity index is 717. The minimum atomic E-state index is -0.562. The lowest BCUT2D eigenvalue weighted by atomic mass is 10.1. The van der Waals surface area contributed by atoms with E-state index >= 15 is 0 Å². The second-order valence-corrected chi connectivity index (χ2v) is 6.03. The molecule has 0 unspecified atom stereocenters. The normalized spacial score (nSPS) is 14.6. The van der Waals surface area contributed by atoms with Crippen molar-refractivity contribution in [2.45, 2.75) is 25.9 Å². The van der Waals surface area contributed by atoms with Gasteiger partial charge in [-0.15, -0.1) is 11.3 Å². The number of benzene rings is 1. The van der Waals surface area contributed by atoms with Crippen LogP contribution in [-0.4, -0.2) is 29.4 Å². The van der Waals surface area contributed by atoms with Crippen molar-refractivity contribution in [1.29, 1.82) is 0 Å². The molecular weight excluding hydrogens is 314 g/mol. The number of fused-ring (bicyclic) bond motifs is 1. The van der Waals surface area contributed by atoms with Crippen LogP contribution in [0.2, 0.25) is 0 Å². The first-order chi connectivity index (χ1) is 11.2. The van der Waals surface area contributed by atoms with Gasteiger partial charge in [0.25, 0.3) is 0 Å². The van der Waals surface area contributed by atoms with Gasteiger partial charge < -0.3 is 15.3 Å². The molecule has 23 heavy (non-hydrogen) atoms. The summed E-state index contributed by atoms with van der Waals surface area (Å²) < 4.78 is 5.02. The van der Waals surface area contributed by atoms with Crippen LogP contribution in [0.25, 0.3) is 0 Å². The van der Waals surface area contributed by atoms with Gasteiger partial charge in [-0.05, 0) is 18.1 Å². The molecule has 7 heteroatoms. The molecule has 6 nitrogen and oxygen atoms in total. The molecule has 1 aliphatic rings. The predicted molar refractivity (Wildman–Crippen MR) is 88.4 cm³/mol. The van der Waals surface area contributed by atoms with Crippen LogP contribution in [-0.2, 0) is 27.2 Å². The summed E-state index contributed by atoms with van der Waals surface area (Å²) in [6.07, 6.45) is 1.46. The molecule has 0 saturated carbocycles. The van der Waals surface area contributed by atoms with E-state index in [0.717, 1.165) is 12.8 Å². The molecule has 0 bridgehead atoms. The number of nitrogens with two attached hydrogens (primary N) is 1. The zero-order valence-electron chi connectivity index (χ0n) is 12.7. The van der Waals surface area contributed by atoms with Crippen LogP contribution < -0.4 is 5.73 Å². The van der Waals surface area contributed by atoms with Crippen LogP contribution in [0.15, 0.2) is 34.8 Å². The monoisotopic (exact) mass is 331 g/mol. The lowest BCUT2D eigenvalue weighted by Crippen LogP contribution is -2.21. The van der Waals surface area contributed by atoms with E-state index in [0.29, 0.717) is 10.8 Å². The molecule has 0 amide bonds. The van der Waals surface area contributed by atoms with Gasteiger partial charge in [-0.3, -0.25) is 0 Å². The van der Waals surface area contributed by atoms with Crippen molar-refractivity contribution in [3.05, 3.63) is 46.5 Å². The van der Waals surface area contributed by atoms with Crippen LogP contribution in [0.1, 0.15) is 23.7 Å². The fourth-order valence-electron chi connectivity index (χ4n) is 2.50. The molecule has 2 aromatic rings. The molecule has 0 aliphatic heterocycles. The smallest absolute Gasteiger partial charge is 0.362 e. The van der Waals surface area contributed by atoms with Gasteiger partial charge in [0.15, 0.2) is 5.13 Å². The third kappa shape index (κ3) is 3.50. The Morgan fingerprint density at radius 1 is 1.39 bits per heavy atom. The third-order valence-corrected chi connectivity index (χ3v) is 4.21. The maximum atomic E-state index is 12.1. The molecule has 1 aliphatic carbocycles. The van der Waals surface area contributed by atoms with Crippen LogP contribution >= 0.6 is 11.3 Å². The molecule has 1 aromatic heterocycles. The van der Waals surface area contributed by atoms with E-state index in [1.165, 1.54) is 22.5 Å². The highest BCUT2D eigenvalue weighted by Crippen LogP contribution is 2.24. The SMILES string of the molecule is CCOC(=O)/C(=N\OC1Cc2ccccc2C1)c1csc(N)n1. The fraction of sp³-hybridized carbons (Fsp3) is 0.312. The van der Waals surface area contributed by atoms with Gasteiger partial charge in [0.1, 0.15) is 11.8 Å². The Morgan fingerprint density at radius 3 is 2.65 bits per heavy atom. The Kier molecular flexibility index (Phi) is 4.57. The Balaban J connectivity index is 1.75. The van der Waals surface area contributed by atoms with Crippen molar-refractivity contribution in [3.63, 3.8) is 0 Å². The largest absolute Gasteiger partial charge is 0.461 e. The van der Waals surface area contributed by atoms with Crippen LogP contribution in [0.5, 0.6) is 0 Å². The van der Waals surface area contributed by atoms with Gasteiger partial charge in [0.2, 0.25) is 5.71 Å². The summed E-state index contributed by atoms with van der Waals surface area (Å²) in [4.78, 5) is 21.7. The molecule has 2 N–H and O–H groups in total. The number of carbonyl (C=O) groups excluding carboxylic acids is 1. The summed E-state index contributed by atoms with van der Waals surface area (Å²) in [5.41, 5.74) is 8.56. The highest BCUT2D eigenvalue weighted by atomic mass is 32.1. The van der Waals surface area contributed by atoms with Gasteiger partial charge in [0.05, 0.1) is 6.61 Å². The number of aromatic nitrogens is 1. The van der Waals surface area contributed by atoms with Crippen LogP contribution in [0.4, 0.5) is 5.13 Å². The molecule has 0 radical (unpaired) electrons. The topological polar surface area (TPSA) is 86.8 Å². The van der Waals surface area contributed by atoms with Crippen LogP contribution in [0.3, 0.4) is 0 Å². The average molecular weight is 331 g/mol. The zero-order chi connectivity index (χ0) is 16.2. The predicted octanol–water partition coefficient (Wildman–Crippen LogP) is 2.18. The molecule has 0 atom stereocenters. The van der Waals surface area contributed by atoms with E-state index in [4.69, 9.17) is 15.3 Å². The number of esters is 1. The molecule has 3 rings (SSSR count). The molecule has 0 saturated heterocycles. The lowest BCUT2D eigenvalue weighted by molar-refractivity contribution is -0.135. The standard InChI is InChI=1S/C16H17N3O3S/c1-2-21-15(20)14(13-9-23-16(17)18-13)19-22-12-7-10-5-3-4-6-11(10)8-12/h3-6,9,12H,2,7-8H2,1H3,(H2,17,18)/b19-14-. The van der Waals surface area contributed by atoms with E-state index in [-0.39, 0.29) is 18.4 Å². The van der Waals surface area contributed by atoms with Gasteiger partial charge in [0, 0.05) is 18.2 Å². The number of rotatable bonds is 5. The van der Waals surface area contributed by atoms with Crippen molar-refractivity contribution < 1.29 is 14.4 Å². The Morgan fingerprint density at radius 2 is 2.09 bits per heavy atom. The summed E-state index contributed by atoms with van der Waals surface area (Å²) >= 11 is 1.24. The number of hydrogen-bond acceptors (Lipinski definition) is 7. The van der Waals surface area contributed by atoms with Gasteiger partial charge >= 0.3 is 5.97 Å². The van der Waals surface area contributed by atoms with Gasteiger partial charge in [-0.2, -0.15) is 0 Å². The summed E-state index contributed by atoms with van der Waals surface area (Å²) in [6.45, 7) is 1.99. The van der Waals surface area contributed by atoms with E-state index in [2.05, 4.69) is 22.3 Å². The maximum absolute atomic E-state index is 12.1. The third-order valence-electron chi connectivity index (χ3n) is 3.54. The molecule has 0 fully saturated rings. The first kappa shape index (κ1) is 15.5. The first-order valence-electron chi connectivity index (χ1n) is 7.36. The van der Waals surface area contributed by atoms with E-state index in [1.54, 1.807) is 12.3 Å². The molecule has 120 valence electrons. The first-order valence-corrected chi connectivity index (χ1v) is 8.24. The highest BCUT2D eigenvalue weighted by Gasteiger charge is 2.25. The second-order valence-electron chi connectivity index (χ2n) is 5.14. The number of thiazole rings is 1. The highest BCUT2D eigenvalue weighted by molar-refractivity contribution is 7.13. The minimum Gasteiger partial charge on any atom is -0.461 e. The van der Waals surface area contributed by atoms with E-state index in [1.807, 2.05) is 12.1 Å². The van der Waals surface area contributed by atoms with Crippen molar-refractivity contribution in [3.8, 4) is 0 Å². The summed E-state index contributed by atoms with van der Waals surface area (Å²) in [6, 6.07) is 8.17. The molecule has 0 spiro atoms. The fourth-order valence-corrected chi connectivity index (χ4v) is 3.05.